The van der Waals surface area contributed by atoms with Crippen LogP contribution in [0.3, 0.4) is 0 Å². The zero-order valence-corrected chi connectivity index (χ0v) is 12.9. The van der Waals surface area contributed by atoms with Crippen LogP contribution in [0.1, 0.15) is 28.4 Å². The van der Waals surface area contributed by atoms with E-state index in [4.69, 9.17) is 0 Å². The van der Waals surface area contributed by atoms with Gasteiger partial charge in [0.1, 0.15) is 0 Å². The monoisotopic (exact) mass is 301 g/mol. The van der Waals surface area contributed by atoms with E-state index >= 15 is 0 Å². The minimum absolute atomic E-state index is 0.0497. The van der Waals surface area contributed by atoms with E-state index < -0.39 is 0 Å². The summed E-state index contributed by atoms with van der Waals surface area (Å²) in [6, 6.07) is 29.5. The largest absolute Gasteiger partial charge is 0.378 e. The lowest BCUT2D eigenvalue weighted by atomic mass is 9.97. The standard InChI is InChI=1S/C21H19NO/c23-21(18-12-6-2-7-13-18)16-20(17-10-4-1-5-11-17)22-19-14-8-3-9-15-19/h1-15,20,22H,16H2/t20-/m1/s1. The maximum Gasteiger partial charge on any atom is 0.165 e. The Morgan fingerprint density at radius 3 is 1.87 bits per heavy atom. The molecule has 0 saturated carbocycles. The molecule has 3 rings (SSSR count). The highest BCUT2D eigenvalue weighted by molar-refractivity contribution is 5.96. The van der Waals surface area contributed by atoms with Crippen molar-refractivity contribution < 1.29 is 4.79 Å². The van der Waals surface area contributed by atoms with Gasteiger partial charge in [0.2, 0.25) is 0 Å². The van der Waals surface area contributed by atoms with Crippen LogP contribution in [0, 0.1) is 0 Å². The molecule has 0 aliphatic heterocycles. The van der Waals surface area contributed by atoms with Crippen LogP contribution in [-0.2, 0) is 0 Å². The molecule has 0 saturated heterocycles. The summed E-state index contributed by atoms with van der Waals surface area (Å²) in [7, 11) is 0. The number of ketones is 1. The first-order valence-corrected chi connectivity index (χ1v) is 7.78. The Labute approximate surface area is 136 Å². The van der Waals surface area contributed by atoms with Gasteiger partial charge in [-0.2, -0.15) is 0 Å². The molecular weight excluding hydrogens is 282 g/mol. The first kappa shape index (κ1) is 15.0. The van der Waals surface area contributed by atoms with Crippen molar-refractivity contribution in [3.63, 3.8) is 0 Å². The number of Topliss-reactive ketones (excluding diaryl/α,β-unsaturated/α-hetero) is 1. The van der Waals surface area contributed by atoms with Crippen LogP contribution in [0.15, 0.2) is 91.0 Å². The van der Waals surface area contributed by atoms with Gasteiger partial charge in [-0.25, -0.2) is 0 Å². The summed E-state index contributed by atoms with van der Waals surface area (Å²) in [4.78, 5) is 12.6. The molecule has 0 radical (unpaired) electrons. The van der Waals surface area contributed by atoms with Gasteiger partial charge >= 0.3 is 0 Å². The van der Waals surface area contributed by atoms with Gasteiger partial charge in [-0.05, 0) is 17.7 Å². The van der Waals surface area contributed by atoms with Gasteiger partial charge < -0.3 is 5.32 Å². The summed E-state index contributed by atoms with van der Waals surface area (Å²) >= 11 is 0. The SMILES string of the molecule is O=C(C[C@@H](Nc1ccccc1)c1ccccc1)c1ccccc1. The number of rotatable bonds is 6. The molecule has 0 aliphatic carbocycles. The third-order valence-corrected chi connectivity index (χ3v) is 3.80. The smallest absolute Gasteiger partial charge is 0.165 e. The second-order valence-electron chi connectivity index (χ2n) is 5.47. The Morgan fingerprint density at radius 2 is 1.26 bits per heavy atom. The van der Waals surface area contributed by atoms with E-state index in [1.165, 1.54) is 0 Å². The van der Waals surface area contributed by atoms with E-state index in [0.29, 0.717) is 6.42 Å². The molecule has 23 heavy (non-hydrogen) atoms. The van der Waals surface area contributed by atoms with Crippen molar-refractivity contribution in [1.82, 2.24) is 0 Å². The Morgan fingerprint density at radius 1 is 0.739 bits per heavy atom. The summed E-state index contributed by atoms with van der Waals surface area (Å²) in [5, 5.41) is 3.48. The van der Waals surface area contributed by atoms with Gasteiger partial charge in [0, 0.05) is 17.7 Å². The first-order chi connectivity index (χ1) is 11.3. The highest BCUT2D eigenvalue weighted by atomic mass is 16.1. The van der Waals surface area contributed by atoms with Crippen LogP contribution >= 0.6 is 0 Å². The second kappa shape index (κ2) is 7.41. The van der Waals surface area contributed by atoms with Crippen molar-refractivity contribution in [2.45, 2.75) is 12.5 Å². The third kappa shape index (κ3) is 4.07. The summed E-state index contributed by atoms with van der Waals surface area (Å²) < 4.78 is 0. The fourth-order valence-electron chi connectivity index (χ4n) is 2.60. The third-order valence-electron chi connectivity index (χ3n) is 3.80. The minimum Gasteiger partial charge on any atom is -0.378 e. The number of hydrogen-bond donors (Lipinski definition) is 1. The predicted octanol–water partition coefficient (Wildman–Crippen LogP) is 5.11. The highest BCUT2D eigenvalue weighted by Crippen LogP contribution is 2.24. The van der Waals surface area contributed by atoms with Gasteiger partial charge in [-0.1, -0.05) is 78.9 Å². The molecule has 0 aromatic heterocycles. The number of benzene rings is 3. The number of nitrogens with one attached hydrogen (secondary N) is 1. The molecule has 3 aromatic carbocycles. The van der Waals surface area contributed by atoms with Crippen LogP contribution in [0.4, 0.5) is 5.69 Å². The van der Waals surface area contributed by atoms with Gasteiger partial charge in [-0.15, -0.1) is 0 Å². The van der Waals surface area contributed by atoms with Crippen molar-refractivity contribution in [3.05, 3.63) is 102 Å². The van der Waals surface area contributed by atoms with Crippen molar-refractivity contribution in [1.29, 1.82) is 0 Å². The van der Waals surface area contributed by atoms with Gasteiger partial charge in [0.15, 0.2) is 5.78 Å². The lowest BCUT2D eigenvalue weighted by Gasteiger charge is -2.20. The lowest BCUT2D eigenvalue weighted by Crippen LogP contribution is -2.15. The Balaban J connectivity index is 1.82. The van der Waals surface area contributed by atoms with Crippen molar-refractivity contribution in [2.24, 2.45) is 0 Å². The number of anilines is 1. The van der Waals surface area contributed by atoms with Crippen LogP contribution in [0.25, 0.3) is 0 Å². The molecule has 0 aliphatic rings. The maximum absolute atomic E-state index is 12.6. The molecule has 2 heteroatoms. The predicted molar refractivity (Wildman–Crippen MR) is 94.6 cm³/mol. The molecule has 0 heterocycles. The van der Waals surface area contributed by atoms with Crippen LogP contribution in [0.2, 0.25) is 0 Å². The molecular formula is C21H19NO. The van der Waals surface area contributed by atoms with Gasteiger partial charge in [-0.3, -0.25) is 4.79 Å². The molecule has 0 unspecified atom stereocenters. The summed E-state index contributed by atoms with van der Waals surface area (Å²) in [5.41, 5.74) is 2.88. The van der Waals surface area contributed by atoms with Gasteiger partial charge in [0.05, 0.1) is 6.04 Å². The van der Waals surface area contributed by atoms with E-state index in [9.17, 15) is 4.79 Å². The Hall–Kier alpha value is -2.87. The van der Waals surface area contributed by atoms with Crippen molar-refractivity contribution in [2.75, 3.05) is 5.32 Å². The molecule has 3 aromatic rings. The van der Waals surface area contributed by atoms with Gasteiger partial charge in [0.25, 0.3) is 0 Å². The number of carbonyl (C=O) groups is 1. The number of carbonyl (C=O) groups excluding carboxylic acids is 1. The quantitative estimate of drug-likeness (QED) is 0.641. The Kier molecular flexibility index (Phi) is 4.85. The molecule has 0 spiro atoms. The highest BCUT2D eigenvalue weighted by Gasteiger charge is 2.17. The molecule has 2 nitrogen and oxygen atoms in total. The molecule has 1 N–H and O–H groups in total. The van der Waals surface area contributed by atoms with E-state index in [0.717, 1.165) is 16.8 Å². The average molecular weight is 301 g/mol. The van der Waals surface area contributed by atoms with E-state index in [1.54, 1.807) is 0 Å². The molecule has 1 atom stereocenters. The Bertz CT molecular complexity index is 739. The van der Waals surface area contributed by atoms with E-state index in [1.807, 2.05) is 78.9 Å². The normalized spacial score (nSPS) is 11.7. The van der Waals surface area contributed by atoms with Crippen LogP contribution in [-0.4, -0.2) is 5.78 Å². The first-order valence-electron chi connectivity index (χ1n) is 7.78. The summed E-state index contributed by atoms with van der Waals surface area (Å²) in [6.45, 7) is 0. The molecule has 0 amide bonds. The van der Waals surface area contributed by atoms with Crippen LogP contribution < -0.4 is 5.32 Å². The van der Waals surface area contributed by atoms with E-state index in [-0.39, 0.29) is 11.8 Å². The zero-order chi connectivity index (χ0) is 15.9. The average Bonchev–Trinajstić information content (AvgIpc) is 2.63. The molecule has 0 fully saturated rings. The van der Waals surface area contributed by atoms with Crippen LogP contribution in [0.5, 0.6) is 0 Å². The molecule has 114 valence electrons. The van der Waals surface area contributed by atoms with E-state index in [2.05, 4.69) is 17.4 Å². The number of hydrogen-bond acceptors (Lipinski definition) is 2. The number of para-hydroxylation sites is 1. The minimum atomic E-state index is -0.0497. The fourth-order valence-corrected chi connectivity index (χ4v) is 2.60. The molecule has 0 bridgehead atoms. The summed E-state index contributed by atoms with van der Waals surface area (Å²) in [6.07, 6.45) is 0.420. The second-order valence-corrected chi connectivity index (χ2v) is 5.47. The summed E-state index contributed by atoms with van der Waals surface area (Å²) in [5.74, 6) is 0.142. The maximum atomic E-state index is 12.6. The zero-order valence-electron chi connectivity index (χ0n) is 12.9. The van der Waals surface area contributed by atoms with Crippen molar-refractivity contribution in [3.8, 4) is 0 Å². The lowest BCUT2D eigenvalue weighted by molar-refractivity contribution is 0.0976. The van der Waals surface area contributed by atoms with Crippen molar-refractivity contribution >= 4 is 11.5 Å². The topological polar surface area (TPSA) is 29.1 Å². The fraction of sp³-hybridized carbons (Fsp3) is 0.0952.